The first-order chi connectivity index (χ1) is 17.0. The van der Waals surface area contributed by atoms with Crippen molar-refractivity contribution in [2.24, 2.45) is 5.41 Å². The summed E-state index contributed by atoms with van der Waals surface area (Å²) < 4.78 is 38.5. The molecule has 1 aliphatic carbocycles. The Morgan fingerprint density at radius 1 is 0.972 bits per heavy atom. The second-order valence-electron chi connectivity index (χ2n) is 10.4. The molecule has 2 fully saturated rings. The highest BCUT2D eigenvalue weighted by molar-refractivity contribution is 6.31. The molecule has 0 radical (unpaired) electrons. The second-order valence-corrected chi connectivity index (χ2v) is 10.8. The molecular formula is C27H33ClF2O6. The maximum atomic E-state index is 13.5. The van der Waals surface area contributed by atoms with Crippen molar-refractivity contribution in [1.29, 1.82) is 0 Å². The van der Waals surface area contributed by atoms with Gasteiger partial charge in [0.05, 0.1) is 13.2 Å². The molecule has 1 heterocycles. The molecule has 6 nitrogen and oxygen atoms in total. The van der Waals surface area contributed by atoms with E-state index in [4.69, 9.17) is 21.1 Å². The minimum atomic E-state index is -2.57. The Balaban J connectivity index is 1.41. The third kappa shape index (κ3) is 6.18. The van der Waals surface area contributed by atoms with Gasteiger partial charge < -0.3 is 29.9 Å². The standard InChI is InChI=1S/C27H33ClF2O6/c1-26(8-10-27(29,30)11-9-26)15-35-19-5-2-16(3-6-19)12-18-13-17(4-7-20(18)28)25-24(34)23(33)22(32)21(14-31)36-25/h2-7,13,21-25,31-34H,8-12,14-15H2,1H3/t21-,22-,23?,24-,25+/m1/s1. The van der Waals surface area contributed by atoms with Crippen molar-refractivity contribution >= 4 is 11.6 Å². The molecule has 36 heavy (non-hydrogen) atoms. The quantitative estimate of drug-likeness (QED) is 0.434. The van der Waals surface area contributed by atoms with Crippen molar-refractivity contribution in [3.63, 3.8) is 0 Å². The molecule has 0 spiro atoms. The summed E-state index contributed by atoms with van der Waals surface area (Å²) in [4.78, 5) is 0. The fourth-order valence-electron chi connectivity index (χ4n) is 4.83. The Kier molecular flexibility index (Phi) is 8.24. The molecule has 4 rings (SSSR count). The maximum absolute atomic E-state index is 13.5. The molecule has 2 aliphatic rings. The van der Waals surface area contributed by atoms with E-state index in [1.807, 2.05) is 31.2 Å². The van der Waals surface area contributed by atoms with E-state index in [9.17, 15) is 29.2 Å². The molecular weight excluding hydrogens is 494 g/mol. The molecule has 1 aliphatic heterocycles. The normalized spacial score (nSPS) is 29.6. The number of ether oxygens (including phenoxy) is 2. The molecule has 5 atom stereocenters. The van der Waals surface area contributed by atoms with Gasteiger partial charge in [-0.25, -0.2) is 8.78 Å². The number of hydrogen-bond acceptors (Lipinski definition) is 6. The number of aliphatic hydroxyl groups is 4. The van der Waals surface area contributed by atoms with E-state index in [0.29, 0.717) is 42.2 Å². The van der Waals surface area contributed by atoms with Crippen molar-refractivity contribution in [1.82, 2.24) is 0 Å². The average Bonchev–Trinajstić information content (AvgIpc) is 2.86. The Hall–Kier alpha value is -1.81. The lowest BCUT2D eigenvalue weighted by molar-refractivity contribution is -0.231. The Morgan fingerprint density at radius 2 is 1.64 bits per heavy atom. The topological polar surface area (TPSA) is 99.4 Å². The molecule has 2 aromatic carbocycles. The summed E-state index contributed by atoms with van der Waals surface area (Å²) in [5.74, 6) is -1.90. The predicted octanol–water partition coefficient (Wildman–Crippen LogP) is 4.04. The van der Waals surface area contributed by atoms with Gasteiger partial charge in [0.25, 0.3) is 0 Å². The highest BCUT2D eigenvalue weighted by atomic mass is 35.5. The molecule has 2 aromatic rings. The first-order valence-electron chi connectivity index (χ1n) is 12.2. The molecule has 0 aromatic heterocycles. The highest BCUT2D eigenvalue weighted by Gasteiger charge is 2.44. The van der Waals surface area contributed by atoms with Crippen molar-refractivity contribution in [3.8, 4) is 5.75 Å². The summed E-state index contributed by atoms with van der Waals surface area (Å²) in [5, 5.41) is 40.6. The van der Waals surface area contributed by atoms with Gasteiger partial charge in [0.2, 0.25) is 5.92 Å². The van der Waals surface area contributed by atoms with Gasteiger partial charge in [0, 0.05) is 23.3 Å². The van der Waals surface area contributed by atoms with E-state index in [1.165, 1.54) is 0 Å². The van der Waals surface area contributed by atoms with Gasteiger partial charge in [-0.15, -0.1) is 0 Å². The average molecular weight is 527 g/mol. The zero-order valence-electron chi connectivity index (χ0n) is 20.1. The number of alkyl halides is 2. The summed E-state index contributed by atoms with van der Waals surface area (Å²) in [7, 11) is 0. The van der Waals surface area contributed by atoms with Crippen molar-refractivity contribution in [3.05, 3.63) is 64.2 Å². The van der Waals surface area contributed by atoms with Crippen molar-refractivity contribution < 1.29 is 38.7 Å². The highest BCUT2D eigenvalue weighted by Crippen LogP contribution is 2.43. The number of rotatable bonds is 7. The molecule has 0 amide bonds. The molecule has 1 saturated heterocycles. The summed E-state index contributed by atoms with van der Waals surface area (Å²) in [6.45, 7) is 1.87. The van der Waals surface area contributed by atoms with E-state index in [0.717, 1.165) is 11.1 Å². The second kappa shape index (κ2) is 10.9. The largest absolute Gasteiger partial charge is 0.493 e. The van der Waals surface area contributed by atoms with Crippen molar-refractivity contribution in [2.45, 2.75) is 75.5 Å². The van der Waals surface area contributed by atoms with Crippen LogP contribution < -0.4 is 4.74 Å². The molecule has 198 valence electrons. The molecule has 1 unspecified atom stereocenters. The third-order valence-electron chi connectivity index (χ3n) is 7.38. The predicted molar refractivity (Wildman–Crippen MR) is 130 cm³/mol. The number of aliphatic hydroxyl groups excluding tert-OH is 4. The lowest BCUT2D eigenvalue weighted by Gasteiger charge is -2.40. The molecule has 1 saturated carbocycles. The number of benzene rings is 2. The van der Waals surface area contributed by atoms with E-state index < -0.39 is 43.0 Å². The molecule has 4 N–H and O–H groups in total. The molecule has 0 bridgehead atoms. The van der Waals surface area contributed by atoms with Crippen LogP contribution in [0.5, 0.6) is 5.75 Å². The molecule has 9 heteroatoms. The van der Waals surface area contributed by atoms with E-state index in [-0.39, 0.29) is 18.3 Å². The van der Waals surface area contributed by atoms with Crippen LogP contribution in [-0.4, -0.2) is 64.0 Å². The van der Waals surface area contributed by atoms with Crippen LogP contribution in [0.25, 0.3) is 0 Å². The summed E-state index contributed by atoms with van der Waals surface area (Å²) in [5.41, 5.74) is 2.03. The Bertz CT molecular complexity index is 1020. The smallest absolute Gasteiger partial charge is 0.248 e. The summed E-state index contributed by atoms with van der Waals surface area (Å²) in [6.07, 6.45) is -5.04. The first kappa shape index (κ1) is 27.2. The van der Waals surface area contributed by atoms with Gasteiger partial charge in [-0.2, -0.15) is 0 Å². The van der Waals surface area contributed by atoms with Gasteiger partial charge in [-0.1, -0.05) is 42.8 Å². The Labute approximate surface area is 214 Å². The van der Waals surface area contributed by atoms with Crippen LogP contribution in [0, 0.1) is 5.41 Å². The number of hydrogen-bond donors (Lipinski definition) is 4. The first-order valence-corrected chi connectivity index (χ1v) is 12.6. The monoisotopic (exact) mass is 526 g/mol. The third-order valence-corrected chi connectivity index (χ3v) is 7.75. The maximum Gasteiger partial charge on any atom is 0.248 e. The van der Waals surface area contributed by atoms with Gasteiger partial charge in [-0.3, -0.25) is 0 Å². The van der Waals surface area contributed by atoms with Crippen LogP contribution in [0.3, 0.4) is 0 Å². The van der Waals surface area contributed by atoms with E-state index in [1.54, 1.807) is 18.2 Å². The van der Waals surface area contributed by atoms with Crippen LogP contribution in [0.1, 0.15) is 55.4 Å². The minimum absolute atomic E-state index is 0.102. The fraction of sp³-hybridized carbons (Fsp3) is 0.556. The van der Waals surface area contributed by atoms with Gasteiger partial charge in [0.15, 0.2) is 0 Å². The minimum Gasteiger partial charge on any atom is -0.493 e. The lowest BCUT2D eigenvalue weighted by atomic mass is 9.75. The van der Waals surface area contributed by atoms with Crippen LogP contribution >= 0.6 is 11.6 Å². The van der Waals surface area contributed by atoms with E-state index in [2.05, 4.69) is 0 Å². The van der Waals surface area contributed by atoms with Gasteiger partial charge in [-0.05, 0) is 54.2 Å². The fourth-order valence-corrected chi connectivity index (χ4v) is 5.01. The van der Waals surface area contributed by atoms with Crippen LogP contribution in [0.2, 0.25) is 5.02 Å². The van der Waals surface area contributed by atoms with Gasteiger partial charge in [0.1, 0.15) is 36.3 Å². The number of halogens is 3. The van der Waals surface area contributed by atoms with Crippen LogP contribution in [-0.2, 0) is 11.2 Å². The van der Waals surface area contributed by atoms with Gasteiger partial charge >= 0.3 is 0 Å². The zero-order chi connectivity index (χ0) is 26.1. The van der Waals surface area contributed by atoms with E-state index >= 15 is 0 Å². The lowest BCUT2D eigenvalue weighted by Crippen LogP contribution is -2.55. The van der Waals surface area contributed by atoms with Crippen molar-refractivity contribution in [2.75, 3.05) is 13.2 Å². The van der Waals surface area contributed by atoms with Crippen LogP contribution in [0.4, 0.5) is 8.78 Å². The summed E-state index contributed by atoms with van der Waals surface area (Å²) in [6, 6.07) is 12.6. The summed E-state index contributed by atoms with van der Waals surface area (Å²) >= 11 is 6.42. The SMILES string of the molecule is CC1(COc2ccc(Cc3cc([C@@H]4O[C@H](CO)[C@@H](O)C(O)[C@H]4O)ccc3Cl)cc2)CCC(F)(F)CC1. The Morgan fingerprint density at radius 3 is 2.28 bits per heavy atom. The zero-order valence-corrected chi connectivity index (χ0v) is 20.9. The van der Waals surface area contributed by atoms with Crippen LogP contribution in [0.15, 0.2) is 42.5 Å².